The molecule has 10 heteroatoms. The van der Waals surface area contributed by atoms with Gasteiger partial charge in [0, 0.05) is 31.5 Å². The number of carboxylic acids is 1. The number of nitrogens with one attached hydrogen (secondary N) is 1. The van der Waals surface area contributed by atoms with Gasteiger partial charge >= 0.3 is 5.97 Å². The van der Waals surface area contributed by atoms with Crippen LogP contribution in [-0.4, -0.2) is 45.0 Å². The summed E-state index contributed by atoms with van der Waals surface area (Å²) in [5.74, 6) is -0.668. The Hall–Kier alpha value is -1.91. The lowest BCUT2D eigenvalue weighted by molar-refractivity contribution is -0.114. The Labute approximate surface area is 151 Å². The Morgan fingerprint density at radius 2 is 2.12 bits per heavy atom. The van der Waals surface area contributed by atoms with Crippen molar-refractivity contribution in [1.29, 1.82) is 0 Å². The molecular weight excluding hydrogens is 364 g/mol. The molecule has 1 amide bonds. The van der Waals surface area contributed by atoms with Gasteiger partial charge in [-0.3, -0.25) is 9.48 Å². The summed E-state index contributed by atoms with van der Waals surface area (Å²) in [6.45, 7) is 2.71. The van der Waals surface area contributed by atoms with Gasteiger partial charge in [0.15, 0.2) is 10.8 Å². The van der Waals surface area contributed by atoms with Crippen molar-refractivity contribution in [1.82, 2.24) is 14.8 Å². The molecule has 1 saturated heterocycles. The fraction of sp³-hybridized carbons (Fsp3) is 0.467. The summed E-state index contributed by atoms with van der Waals surface area (Å²) in [5.41, 5.74) is 2.28. The molecule has 0 saturated carbocycles. The summed E-state index contributed by atoms with van der Waals surface area (Å²) < 4.78 is 8.20. The first kappa shape index (κ1) is 16.6. The summed E-state index contributed by atoms with van der Waals surface area (Å²) in [5, 5.41) is 17.2. The first-order valence-electron chi connectivity index (χ1n) is 7.88. The highest BCUT2D eigenvalue weighted by atomic mass is 32.2. The van der Waals surface area contributed by atoms with Gasteiger partial charge in [0.25, 0.3) is 0 Å². The quantitative estimate of drug-likeness (QED) is 0.843. The third-order valence-electron chi connectivity index (χ3n) is 4.20. The van der Waals surface area contributed by atoms with Crippen LogP contribution in [0, 0.1) is 0 Å². The second kappa shape index (κ2) is 6.43. The van der Waals surface area contributed by atoms with E-state index in [1.165, 1.54) is 30.0 Å². The lowest BCUT2D eigenvalue weighted by Crippen LogP contribution is -2.21. The molecule has 0 unspecified atom stereocenters. The van der Waals surface area contributed by atoms with Gasteiger partial charge in [0.05, 0.1) is 15.9 Å². The minimum atomic E-state index is -1.02. The van der Waals surface area contributed by atoms with Crippen molar-refractivity contribution in [3.05, 3.63) is 11.3 Å². The lowest BCUT2D eigenvalue weighted by atomic mass is 10.1. The molecule has 0 atom stereocenters. The molecule has 25 heavy (non-hydrogen) atoms. The molecule has 0 aromatic carbocycles. The highest BCUT2D eigenvalue weighted by molar-refractivity contribution is 8.00. The molecule has 1 fully saturated rings. The van der Waals surface area contributed by atoms with E-state index in [9.17, 15) is 14.7 Å². The average Bonchev–Trinajstić information content (AvgIpc) is 3.15. The molecule has 0 bridgehead atoms. The zero-order chi connectivity index (χ0) is 17.6. The van der Waals surface area contributed by atoms with Gasteiger partial charge in [-0.1, -0.05) is 11.3 Å². The van der Waals surface area contributed by atoms with Crippen LogP contribution in [0.15, 0.2) is 4.21 Å². The summed E-state index contributed by atoms with van der Waals surface area (Å²) in [7, 11) is 0. The van der Waals surface area contributed by atoms with E-state index < -0.39 is 5.97 Å². The number of carbonyl (C=O) groups excluding carboxylic acids is 1. The third kappa shape index (κ3) is 2.94. The lowest BCUT2D eigenvalue weighted by Gasteiger charge is -2.25. The first-order valence-corrected chi connectivity index (χ1v) is 9.69. The van der Waals surface area contributed by atoms with Crippen LogP contribution >= 0.6 is 23.1 Å². The van der Waals surface area contributed by atoms with Crippen LogP contribution in [-0.2, 0) is 15.3 Å². The number of nitrogens with zero attached hydrogens (tertiary/aromatic N) is 3. The number of carboxylic acid groups (broad SMARTS) is 1. The largest absolute Gasteiger partial charge is 0.476 e. The maximum Gasteiger partial charge on any atom is 0.356 e. The van der Waals surface area contributed by atoms with Gasteiger partial charge in [-0.25, -0.2) is 9.78 Å². The molecule has 2 N–H and O–H groups in total. The van der Waals surface area contributed by atoms with E-state index in [2.05, 4.69) is 15.4 Å². The predicted molar refractivity (Wildman–Crippen MR) is 93.2 cm³/mol. The SMILES string of the molecule is CC(=O)Nc1nc2c(s1)SCc1c(C(=O)O)nn(C3CCOCC3)c1-2. The maximum atomic E-state index is 11.6. The highest BCUT2D eigenvalue weighted by Gasteiger charge is 2.34. The monoisotopic (exact) mass is 380 g/mol. The number of thiazole rings is 1. The molecule has 0 radical (unpaired) electrons. The Balaban J connectivity index is 1.84. The number of rotatable bonds is 3. The summed E-state index contributed by atoms with van der Waals surface area (Å²) in [6, 6.07) is 0.0949. The smallest absolute Gasteiger partial charge is 0.356 e. The standard InChI is InChI=1S/C15H16N4O4S2/c1-7(20)16-15-17-11-12-9(6-24-14(11)25-15)10(13(21)22)18-19(12)8-2-4-23-5-3-8/h8H,2-6H2,1H3,(H,21,22)(H,16,17,20). The van der Waals surface area contributed by atoms with Crippen molar-refractivity contribution < 1.29 is 19.4 Å². The van der Waals surface area contributed by atoms with Crippen LogP contribution < -0.4 is 5.32 Å². The zero-order valence-corrected chi connectivity index (χ0v) is 15.1. The minimum absolute atomic E-state index is 0.0914. The van der Waals surface area contributed by atoms with Crippen LogP contribution in [0.4, 0.5) is 5.13 Å². The number of thioether (sulfide) groups is 1. The van der Waals surface area contributed by atoms with Crippen molar-refractivity contribution in [2.75, 3.05) is 18.5 Å². The second-order valence-electron chi connectivity index (χ2n) is 5.89. The van der Waals surface area contributed by atoms with E-state index in [1.807, 2.05) is 4.68 Å². The number of hydrogen-bond acceptors (Lipinski definition) is 7. The molecular formula is C15H16N4O4S2. The van der Waals surface area contributed by atoms with Crippen LogP contribution in [0.1, 0.15) is 41.9 Å². The molecule has 8 nitrogen and oxygen atoms in total. The predicted octanol–water partition coefficient (Wildman–Crippen LogP) is 2.62. The first-order chi connectivity index (χ1) is 12.0. The molecule has 2 aromatic heterocycles. The van der Waals surface area contributed by atoms with Gasteiger partial charge < -0.3 is 15.2 Å². The molecule has 132 valence electrons. The molecule has 4 rings (SSSR count). The van der Waals surface area contributed by atoms with Crippen molar-refractivity contribution in [3.63, 3.8) is 0 Å². The summed E-state index contributed by atoms with van der Waals surface area (Å²) >= 11 is 2.94. The van der Waals surface area contributed by atoms with Gasteiger partial charge in [-0.15, -0.1) is 11.8 Å². The van der Waals surface area contributed by atoms with Crippen LogP contribution in [0.25, 0.3) is 11.4 Å². The number of carbonyl (C=O) groups is 2. The average molecular weight is 380 g/mol. The normalized spacial score (nSPS) is 17.0. The molecule has 4 heterocycles. The van der Waals surface area contributed by atoms with Crippen LogP contribution in [0.2, 0.25) is 0 Å². The number of aromatic carboxylic acids is 1. The summed E-state index contributed by atoms with van der Waals surface area (Å²) in [4.78, 5) is 27.5. The van der Waals surface area contributed by atoms with Gasteiger partial charge in [0.2, 0.25) is 5.91 Å². The Morgan fingerprint density at radius 3 is 2.80 bits per heavy atom. The number of ether oxygens (including phenoxy) is 1. The van der Waals surface area contributed by atoms with E-state index >= 15 is 0 Å². The number of anilines is 1. The van der Waals surface area contributed by atoms with Gasteiger partial charge in [-0.05, 0) is 12.8 Å². The fourth-order valence-corrected chi connectivity index (χ4v) is 5.34. The zero-order valence-electron chi connectivity index (χ0n) is 13.4. The van der Waals surface area contributed by atoms with E-state index in [1.54, 1.807) is 0 Å². The van der Waals surface area contributed by atoms with Crippen LogP contribution in [0.5, 0.6) is 0 Å². The fourth-order valence-electron chi connectivity index (χ4n) is 3.12. The number of amides is 1. The molecule has 0 spiro atoms. The number of hydrogen-bond donors (Lipinski definition) is 2. The minimum Gasteiger partial charge on any atom is -0.476 e. The van der Waals surface area contributed by atoms with Crippen molar-refractivity contribution in [2.45, 2.75) is 35.8 Å². The highest BCUT2D eigenvalue weighted by Crippen LogP contribution is 2.48. The Kier molecular flexibility index (Phi) is 4.26. The second-order valence-corrected chi connectivity index (χ2v) is 8.14. The van der Waals surface area contributed by atoms with E-state index in [0.29, 0.717) is 35.4 Å². The molecule has 2 aliphatic heterocycles. The molecule has 2 aliphatic rings. The van der Waals surface area contributed by atoms with Gasteiger partial charge in [-0.2, -0.15) is 5.10 Å². The van der Waals surface area contributed by atoms with Crippen LogP contribution in [0.3, 0.4) is 0 Å². The Bertz CT molecular complexity index is 854. The van der Waals surface area contributed by atoms with E-state index in [-0.39, 0.29) is 17.6 Å². The number of fused-ring (bicyclic) bond motifs is 3. The van der Waals surface area contributed by atoms with E-state index in [4.69, 9.17) is 4.74 Å². The third-order valence-corrected chi connectivity index (χ3v) is 6.46. The number of aromatic nitrogens is 3. The van der Waals surface area contributed by atoms with Crippen molar-refractivity contribution in [2.24, 2.45) is 0 Å². The Morgan fingerprint density at radius 1 is 1.36 bits per heavy atom. The van der Waals surface area contributed by atoms with Crippen molar-refractivity contribution in [3.8, 4) is 11.4 Å². The molecule has 2 aromatic rings. The van der Waals surface area contributed by atoms with E-state index in [0.717, 1.165) is 22.7 Å². The van der Waals surface area contributed by atoms with Gasteiger partial charge in [0.1, 0.15) is 5.69 Å². The maximum absolute atomic E-state index is 11.6. The summed E-state index contributed by atoms with van der Waals surface area (Å²) in [6.07, 6.45) is 1.58. The molecule has 0 aliphatic carbocycles. The topological polar surface area (TPSA) is 106 Å². The van der Waals surface area contributed by atoms with Crippen molar-refractivity contribution >= 4 is 40.1 Å².